The SMILES string of the molecule is CCNC(=NCC(O)c1ccccc1F)N1CCSC(C)(C)C1.I. The molecule has 1 fully saturated rings. The minimum absolute atomic E-state index is 0. The number of aliphatic hydroxyl groups is 1. The van der Waals surface area contributed by atoms with E-state index in [-0.39, 0.29) is 35.3 Å². The second-order valence-corrected chi connectivity index (χ2v) is 8.06. The first-order valence-electron chi connectivity index (χ1n) is 8.02. The van der Waals surface area contributed by atoms with Crippen molar-refractivity contribution in [2.45, 2.75) is 31.6 Å². The van der Waals surface area contributed by atoms with E-state index in [1.165, 1.54) is 6.07 Å². The average molecular weight is 467 g/mol. The van der Waals surface area contributed by atoms with Crippen LogP contribution in [0.5, 0.6) is 0 Å². The minimum atomic E-state index is -0.933. The van der Waals surface area contributed by atoms with Crippen LogP contribution in [0.4, 0.5) is 4.39 Å². The van der Waals surface area contributed by atoms with Crippen molar-refractivity contribution < 1.29 is 9.50 Å². The zero-order valence-electron chi connectivity index (χ0n) is 14.5. The fourth-order valence-corrected chi connectivity index (χ4v) is 3.75. The third-order valence-electron chi connectivity index (χ3n) is 3.74. The monoisotopic (exact) mass is 467 g/mol. The first-order valence-corrected chi connectivity index (χ1v) is 9.01. The van der Waals surface area contributed by atoms with E-state index in [9.17, 15) is 9.50 Å². The second kappa shape index (κ2) is 9.82. The molecule has 2 N–H and O–H groups in total. The summed E-state index contributed by atoms with van der Waals surface area (Å²) in [4.78, 5) is 6.74. The van der Waals surface area contributed by atoms with Crippen molar-refractivity contribution in [3.63, 3.8) is 0 Å². The molecule has 7 heteroatoms. The predicted molar refractivity (Wildman–Crippen MR) is 111 cm³/mol. The molecule has 4 nitrogen and oxygen atoms in total. The number of thioether (sulfide) groups is 1. The Morgan fingerprint density at radius 2 is 2.17 bits per heavy atom. The van der Waals surface area contributed by atoms with Gasteiger partial charge in [-0.3, -0.25) is 4.99 Å². The third kappa shape index (κ3) is 6.07. The van der Waals surface area contributed by atoms with E-state index >= 15 is 0 Å². The average Bonchev–Trinajstić information content (AvgIpc) is 2.50. The molecule has 1 aromatic carbocycles. The zero-order valence-corrected chi connectivity index (χ0v) is 17.6. The quantitative estimate of drug-likeness (QED) is 0.406. The smallest absolute Gasteiger partial charge is 0.194 e. The summed E-state index contributed by atoms with van der Waals surface area (Å²) in [5.74, 6) is 1.44. The van der Waals surface area contributed by atoms with E-state index in [1.807, 2.05) is 18.7 Å². The van der Waals surface area contributed by atoms with E-state index in [1.54, 1.807) is 18.2 Å². The van der Waals surface area contributed by atoms with E-state index < -0.39 is 11.9 Å². The summed E-state index contributed by atoms with van der Waals surface area (Å²) < 4.78 is 13.9. The zero-order chi connectivity index (χ0) is 16.9. The van der Waals surface area contributed by atoms with Crippen LogP contribution < -0.4 is 5.32 Å². The molecule has 0 amide bonds. The Bertz CT molecular complexity index is 556. The lowest BCUT2D eigenvalue weighted by atomic mass is 10.1. The fourth-order valence-electron chi connectivity index (χ4n) is 2.64. The van der Waals surface area contributed by atoms with Crippen molar-refractivity contribution in [1.29, 1.82) is 0 Å². The fraction of sp³-hybridized carbons (Fsp3) is 0.588. The third-order valence-corrected chi connectivity index (χ3v) is 5.04. The van der Waals surface area contributed by atoms with Gasteiger partial charge in [-0.2, -0.15) is 11.8 Å². The Balaban J connectivity index is 0.00000288. The van der Waals surface area contributed by atoms with Crippen LogP contribution in [0.3, 0.4) is 0 Å². The molecule has 1 aliphatic heterocycles. The van der Waals surface area contributed by atoms with Gasteiger partial charge >= 0.3 is 0 Å². The van der Waals surface area contributed by atoms with Gasteiger partial charge < -0.3 is 15.3 Å². The van der Waals surface area contributed by atoms with Gasteiger partial charge in [-0.05, 0) is 26.8 Å². The van der Waals surface area contributed by atoms with Gasteiger partial charge in [0.05, 0.1) is 6.54 Å². The summed E-state index contributed by atoms with van der Waals surface area (Å²) in [6.07, 6.45) is -0.933. The standard InChI is InChI=1S/C17H26FN3OS.HI/c1-4-19-16(21-9-10-23-17(2,3)12-21)20-11-15(22)13-7-5-6-8-14(13)18;/h5-8,15,22H,4,9-12H2,1-3H3,(H,19,20);1H. The van der Waals surface area contributed by atoms with Gasteiger partial charge in [-0.25, -0.2) is 4.39 Å². The van der Waals surface area contributed by atoms with Gasteiger partial charge in [-0.1, -0.05) is 18.2 Å². The lowest BCUT2D eigenvalue weighted by Crippen LogP contribution is -2.51. The maximum absolute atomic E-state index is 13.7. The molecule has 1 unspecified atom stereocenters. The molecule has 0 spiro atoms. The molecular formula is C17H27FIN3OS. The number of rotatable bonds is 4. The molecule has 0 bridgehead atoms. The maximum Gasteiger partial charge on any atom is 0.194 e. The maximum atomic E-state index is 13.7. The molecule has 24 heavy (non-hydrogen) atoms. The lowest BCUT2D eigenvalue weighted by Gasteiger charge is -2.39. The highest BCUT2D eigenvalue weighted by Gasteiger charge is 2.28. The van der Waals surface area contributed by atoms with Crippen molar-refractivity contribution in [3.8, 4) is 0 Å². The summed E-state index contributed by atoms with van der Waals surface area (Å²) >= 11 is 1.96. The van der Waals surface area contributed by atoms with Gasteiger partial charge in [-0.15, -0.1) is 24.0 Å². The Kier molecular flexibility index (Phi) is 8.80. The van der Waals surface area contributed by atoms with Crippen molar-refractivity contribution in [1.82, 2.24) is 10.2 Å². The highest BCUT2D eigenvalue weighted by molar-refractivity contribution is 14.0. The number of nitrogens with one attached hydrogen (secondary N) is 1. The first kappa shape index (κ1) is 21.5. The first-order chi connectivity index (χ1) is 10.9. The Morgan fingerprint density at radius 3 is 2.79 bits per heavy atom. The number of benzene rings is 1. The summed E-state index contributed by atoms with van der Waals surface area (Å²) in [6.45, 7) is 9.21. The number of hydrogen-bond donors (Lipinski definition) is 2. The molecule has 2 rings (SSSR count). The van der Waals surface area contributed by atoms with E-state index in [4.69, 9.17) is 0 Å². The van der Waals surface area contributed by atoms with E-state index in [2.05, 4.69) is 29.1 Å². The van der Waals surface area contributed by atoms with Crippen LogP contribution in [0.15, 0.2) is 29.3 Å². The van der Waals surface area contributed by atoms with Crippen LogP contribution in [-0.4, -0.2) is 52.6 Å². The lowest BCUT2D eigenvalue weighted by molar-refractivity contribution is 0.181. The number of nitrogens with zero attached hydrogens (tertiary/aromatic N) is 2. The van der Waals surface area contributed by atoms with Crippen LogP contribution >= 0.6 is 35.7 Å². The normalized spacial score (nSPS) is 18.7. The molecule has 0 aliphatic carbocycles. The molecule has 1 heterocycles. The van der Waals surface area contributed by atoms with Crippen LogP contribution in [0.1, 0.15) is 32.4 Å². The number of halogens is 2. The number of guanidine groups is 1. The van der Waals surface area contributed by atoms with Gasteiger partial charge in [0, 0.05) is 35.7 Å². The largest absolute Gasteiger partial charge is 0.386 e. The Hall–Kier alpha value is -0.540. The summed E-state index contributed by atoms with van der Waals surface area (Å²) in [6, 6.07) is 6.30. The van der Waals surface area contributed by atoms with Gasteiger partial charge in [0.2, 0.25) is 0 Å². The second-order valence-electron chi connectivity index (χ2n) is 6.26. The van der Waals surface area contributed by atoms with E-state index in [0.717, 1.165) is 31.3 Å². The molecule has 0 saturated carbocycles. The molecule has 1 saturated heterocycles. The highest BCUT2D eigenvalue weighted by atomic mass is 127. The summed E-state index contributed by atoms with van der Waals surface area (Å²) in [7, 11) is 0. The molecule has 1 atom stereocenters. The van der Waals surface area contributed by atoms with Crippen molar-refractivity contribution in [2.24, 2.45) is 4.99 Å². The Morgan fingerprint density at radius 1 is 1.46 bits per heavy atom. The van der Waals surface area contributed by atoms with Crippen molar-refractivity contribution in [3.05, 3.63) is 35.6 Å². The van der Waals surface area contributed by atoms with Gasteiger partial charge in [0.25, 0.3) is 0 Å². The molecule has 136 valence electrons. The Labute approximate surface area is 165 Å². The minimum Gasteiger partial charge on any atom is -0.386 e. The molecule has 0 aromatic heterocycles. The number of aliphatic hydroxyl groups excluding tert-OH is 1. The van der Waals surface area contributed by atoms with Gasteiger partial charge in [0.15, 0.2) is 5.96 Å². The van der Waals surface area contributed by atoms with Gasteiger partial charge in [0.1, 0.15) is 11.9 Å². The summed E-state index contributed by atoms with van der Waals surface area (Å²) in [5, 5.41) is 13.5. The van der Waals surface area contributed by atoms with E-state index in [0.29, 0.717) is 5.56 Å². The topological polar surface area (TPSA) is 47.9 Å². The molecule has 1 aromatic rings. The van der Waals surface area contributed by atoms with Crippen LogP contribution in [0.2, 0.25) is 0 Å². The van der Waals surface area contributed by atoms with Crippen LogP contribution in [0, 0.1) is 5.82 Å². The van der Waals surface area contributed by atoms with Crippen LogP contribution in [-0.2, 0) is 0 Å². The van der Waals surface area contributed by atoms with Crippen molar-refractivity contribution in [2.75, 3.05) is 31.9 Å². The van der Waals surface area contributed by atoms with Crippen LogP contribution in [0.25, 0.3) is 0 Å². The predicted octanol–water partition coefficient (Wildman–Crippen LogP) is 3.27. The number of hydrogen-bond acceptors (Lipinski definition) is 3. The molecular weight excluding hydrogens is 440 g/mol. The highest BCUT2D eigenvalue weighted by Crippen LogP contribution is 2.29. The molecule has 1 aliphatic rings. The molecule has 0 radical (unpaired) electrons. The van der Waals surface area contributed by atoms with Crippen molar-refractivity contribution >= 4 is 41.7 Å². The number of aliphatic imine (C=N–C) groups is 1. The summed E-state index contributed by atoms with van der Waals surface area (Å²) in [5.41, 5.74) is 0.293.